The van der Waals surface area contributed by atoms with Crippen molar-refractivity contribution in [1.82, 2.24) is 5.01 Å². The van der Waals surface area contributed by atoms with Crippen LogP contribution in [-0.2, 0) is 11.2 Å². The first-order chi connectivity index (χ1) is 14.2. The van der Waals surface area contributed by atoms with Gasteiger partial charge in [-0.2, -0.15) is 23.3 Å². The number of ether oxygens (including phenoxy) is 2. The van der Waals surface area contributed by atoms with Crippen molar-refractivity contribution in [2.45, 2.75) is 31.2 Å². The number of alkyl halides is 3. The molecule has 2 aliphatic heterocycles. The van der Waals surface area contributed by atoms with E-state index in [2.05, 4.69) is 5.10 Å². The Kier molecular flexibility index (Phi) is 5.11. The Hall–Kier alpha value is -2.78. The van der Waals surface area contributed by atoms with Crippen LogP contribution in [0, 0.1) is 0 Å². The highest BCUT2D eigenvalue weighted by atomic mass is 35.5. The molecular weight excluding hydrogens is 425 g/mol. The van der Waals surface area contributed by atoms with Crippen LogP contribution < -0.4 is 9.47 Å². The summed E-state index contributed by atoms with van der Waals surface area (Å²) in [6, 6.07) is 11.0. The van der Waals surface area contributed by atoms with E-state index in [1.54, 1.807) is 18.2 Å². The van der Waals surface area contributed by atoms with Gasteiger partial charge in [0, 0.05) is 11.4 Å². The number of nitrogens with zero attached hydrogens (tertiary/aromatic N) is 2. The molecular formula is C20H16ClF3N2O4. The number of amides is 1. The van der Waals surface area contributed by atoms with Crippen LogP contribution in [0.3, 0.4) is 0 Å². The first-order valence-corrected chi connectivity index (χ1v) is 9.39. The molecule has 2 heterocycles. The minimum Gasteiger partial charge on any atom is -0.454 e. The summed E-state index contributed by atoms with van der Waals surface area (Å²) >= 11 is 5.81. The van der Waals surface area contributed by atoms with E-state index in [1.807, 2.05) is 0 Å². The number of aliphatic hydroxyl groups is 1. The van der Waals surface area contributed by atoms with Crippen molar-refractivity contribution in [3.05, 3.63) is 58.6 Å². The molecule has 1 N–H and O–H groups in total. The third-order valence-electron chi connectivity index (χ3n) is 4.92. The zero-order valence-corrected chi connectivity index (χ0v) is 16.2. The summed E-state index contributed by atoms with van der Waals surface area (Å²) in [5.41, 5.74) is -2.44. The Balaban J connectivity index is 1.55. The molecule has 4 rings (SSSR count). The molecule has 0 aliphatic carbocycles. The Bertz CT molecular complexity index is 1010. The van der Waals surface area contributed by atoms with E-state index in [4.69, 9.17) is 21.1 Å². The Morgan fingerprint density at radius 1 is 1.17 bits per heavy atom. The van der Waals surface area contributed by atoms with Gasteiger partial charge in [-0.25, -0.2) is 0 Å². The number of rotatable bonds is 4. The second kappa shape index (κ2) is 7.48. The maximum Gasteiger partial charge on any atom is 0.438 e. The number of carbonyl (C=O) groups excluding carboxylic acids is 1. The number of hydrogen-bond donors (Lipinski definition) is 1. The van der Waals surface area contributed by atoms with Gasteiger partial charge in [0.1, 0.15) is 0 Å². The Labute approximate surface area is 174 Å². The molecule has 1 amide bonds. The fourth-order valence-electron chi connectivity index (χ4n) is 3.29. The van der Waals surface area contributed by atoms with E-state index in [1.165, 1.54) is 24.3 Å². The number of halogens is 4. The molecule has 2 aromatic rings. The van der Waals surface area contributed by atoms with Crippen molar-refractivity contribution in [2.75, 3.05) is 6.79 Å². The van der Waals surface area contributed by atoms with Crippen LogP contribution >= 0.6 is 11.6 Å². The van der Waals surface area contributed by atoms with E-state index in [0.717, 1.165) is 0 Å². The summed E-state index contributed by atoms with van der Waals surface area (Å²) in [6.45, 7) is 0.0896. The summed E-state index contributed by atoms with van der Waals surface area (Å²) in [6.07, 6.45) is -6.09. The second-order valence-corrected chi connectivity index (χ2v) is 7.37. The summed E-state index contributed by atoms with van der Waals surface area (Å²) in [5.74, 6) is 0.126. The maximum absolute atomic E-state index is 13.7. The van der Waals surface area contributed by atoms with E-state index < -0.39 is 24.2 Å². The third-order valence-corrected chi connectivity index (χ3v) is 5.17. The lowest BCUT2D eigenvalue weighted by Gasteiger charge is -2.32. The summed E-state index contributed by atoms with van der Waals surface area (Å²) in [7, 11) is 0. The molecule has 0 unspecified atom stereocenters. The van der Waals surface area contributed by atoms with Crippen molar-refractivity contribution >= 4 is 23.2 Å². The highest BCUT2D eigenvalue weighted by Crippen LogP contribution is 2.42. The zero-order chi connectivity index (χ0) is 21.5. The first kappa shape index (κ1) is 20.5. The first-order valence-electron chi connectivity index (χ1n) is 9.01. The summed E-state index contributed by atoms with van der Waals surface area (Å²) < 4.78 is 51.4. The molecule has 2 aliphatic rings. The molecule has 158 valence electrons. The number of fused-ring (bicyclic) bond motifs is 1. The molecule has 0 saturated carbocycles. The van der Waals surface area contributed by atoms with E-state index in [-0.39, 0.29) is 30.4 Å². The summed E-state index contributed by atoms with van der Waals surface area (Å²) in [5, 5.41) is 14.7. The third kappa shape index (κ3) is 3.70. The van der Waals surface area contributed by atoms with Gasteiger partial charge in [0.15, 0.2) is 11.5 Å². The lowest BCUT2D eigenvalue weighted by molar-refractivity contribution is -0.302. The number of hydrazone groups is 1. The maximum atomic E-state index is 13.7. The lowest BCUT2D eigenvalue weighted by atomic mass is 10.0. The molecule has 6 nitrogen and oxygen atoms in total. The quantitative estimate of drug-likeness (QED) is 0.783. The van der Waals surface area contributed by atoms with Gasteiger partial charge < -0.3 is 14.6 Å². The lowest BCUT2D eigenvalue weighted by Crippen LogP contribution is -2.56. The number of benzene rings is 2. The average molecular weight is 441 g/mol. The van der Waals surface area contributed by atoms with Gasteiger partial charge in [-0.1, -0.05) is 29.8 Å². The predicted molar refractivity (Wildman–Crippen MR) is 101 cm³/mol. The molecule has 1 atom stereocenters. The smallest absolute Gasteiger partial charge is 0.438 e. The molecule has 10 heteroatoms. The largest absolute Gasteiger partial charge is 0.454 e. The summed E-state index contributed by atoms with van der Waals surface area (Å²) in [4.78, 5) is 12.6. The minimum atomic E-state index is -5.08. The van der Waals surface area contributed by atoms with Gasteiger partial charge in [0.25, 0.3) is 5.72 Å². The standard InChI is InChI=1S/C20H16ClF3N2O4/c21-14-5-3-13(4-6-14)15-10-19(28,20(22,23)24)26(25-15)18(27)8-2-12-1-7-16-17(9-12)30-11-29-16/h1,3-7,9,28H,2,8,10-11H2/t19-/m0/s1. The van der Waals surface area contributed by atoms with Gasteiger partial charge in [0.2, 0.25) is 12.7 Å². The molecule has 2 aromatic carbocycles. The van der Waals surface area contributed by atoms with Gasteiger partial charge in [0.05, 0.1) is 12.1 Å². The second-order valence-electron chi connectivity index (χ2n) is 6.94. The molecule has 0 saturated heterocycles. The SMILES string of the molecule is O=C(CCc1ccc2c(c1)OCO2)N1N=C(c2ccc(Cl)cc2)C[C@]1(O)C(F)(F)F. The number of hydrogen-bond acceptors (Lipinski definition) is 5. The molecule has 0 aromatic heterocycles. The van der Waals surface area contributed by atoms with Crippen LogP contribution in [0.5, 0.6) is 11.5 Å². The normalized spacial score (nSPS) is 20.4. The van der Waals surface area contributed by atoms with Gasteiger partial charge >= 0.3 is 6.18 Å². The van der Waals surface area contributed by atoms with Crippen molar-refractivity contribution in [1.29, 1.82) is 0 Å². The molecule has 0 bridgehead atoms. The van der Waals surface area contributed by atoms with E-state index in [9.17, 15) is 23.1 Å². The van der Waals surface area contributed by atoms with E-state index >= 15 is 0 Å². The Morgan fingerprint density at radius 2 is 1.87 bits per heavy atom. The number of aryl methyl sites for hydroxylation is 1. The van der Waals surface area contributed by atoms with Crippen LogP contribution in [0.25, 0.3) is 0 Å². The van der Waals surface area contributed by atoms with Crippen molar-refractivity contribution in [3.63, 3.8) is 0 Å². The Morgan fingerprint density at radius 3 is 2.57 bits per heavy atom. The van der Waals surface area contributed by atoms with Gasteiger partial charge in [-0.15, -0.1) is 0 Å². The predicted octanol–water partition coefficient (Wildman–Crippen LogP) is 3.89. The highest BCUT2D eigenvalue weighted by Gasteiger charge is 2.63. The van der Waals surface area contributed by atoms with Crippen LogP contribution in [-0.4, -0.2) is 40.4 Å². The van der Waals surface area contributed by atoms with Crippen LogP contribution in [0.15, 0.2) is 47.6 Å². The molecule has 0 fully saturated rings. The molecule has 0 spiro atoms. The zero-order valence-electron chi connectivity index (χ0n) is 15.4. The fraction of sp³-hybridized carbons (Fsp3) is 0.300. The number of carbonyl (C=O) groups is 1. The topological polar surface area (TPSA) is 71.4 Å². The monoisotopic (exact) mass is 440 g/mol. The van der Waals surface area contributed by atoms with E-state index in [0.29, 0.717) is 27.6 Å². The molecule has 30 heavy (non-hydrogen) atoms. The fourth-order valence-corrected chi connectivity index (χ4v) is 3.41. The van der Waals surface area contributed by atoms with Crippen molar-refractivity contribution in [3.8, 4) is 11.5 Å². The van der Waals surface area contributed by atoms with Crippen molar-refractivity contribution < 1.29 is 32.5 Å². The van der Waals surface area contributed by atoms with Crippen LogP contribution in [0.2, 0.25) is 5.02 Å². The highest BCUT2D eigenvalue weighted by molar-refractivity contribution is 6.30. The van der Waals surface area contributed by atoms with Crippen LogP contribution in [0.4, 0.5) is 13.2 Å². The minimum absolute atomic E-state index is 0.0529. The van der Waals surface area contributed by atoms with Gasteiger partial charge in [-0.05, 0) is 41.8 Å². The van der Waals surface area contributed by atoms with Crippen molar-refractivity contribution in [2.24, 2.45) is 5.10 Å². The van der Waals surface area contributed by atoms with Crippen LogP contribution in [0.1, 0.15) is 24.0 Å². The van der Waals surface area contributed by atoms with Gasteiger partial charge in [-0.3, -0.25) is 4.79 Å². The molecule has 0 radical (unpaired) electrons. The average Bonchev–Trinajstić information content (AvgIpc) is 3.31.